The molecule has 0 aliphatic carbocycles. The highest BCUT2D eigenvalue weighted by atomic mass is 35.5. The molecule has 0 radical (unpaired) electrons. The zero-order valence-electron chi connectivity index (χ0n) is 20.3. The summed E-state index contributed by atoms with van der Waals surface area (Å²) in [4.78, 5) is 35.0. The zero-order chi connectivity index (χ0) is 25.0. The van der Waals surface area contributed by atoms with E-state index in [1.54, 1.807) is 6.20 Å². The van der Waals surface area contributed by atoms with Gasteiger partial charge in [-0.05, 0) is 42.7 Å². The molecule has 4 rings (SSSR count). The van der Waals surface area contributed by atoms with Crippen LogP contribution >= 0.6 is 23.2 Å². The van der Waals surface area contributed by atoms with Gasteiger partial charge in [-0.3, -0.25) is 14.7 Å². The van der Waals surface area contributed by atoms with E-state index in [0.29, 0.717) is 29.7 Å². The Balaban J connectivity index is 1.83. The van der Waals surface area contributed by atoms with Crippen molar-refractivity contribution < 1.29 is 14.3 Å². The molecule has 6 nitrogen and oxygen atoms in total. The molecule has 2 aliphatic heterocycles. The van der Waals surface area contributed by atoms with E-state index in [1.807, 2.05) is 42.2 Å². The van der Waals surface area contributed by atoms with Crippen molar-refractivity contribution in [1.29, 1.82) is 0 Å². The molecule has 0 saturated carbocycles. The van der Waals surface area contributed by atoms with Crippen LogP contribution in [0.2, 0.25) is 10.0 Å². The van der Waals surface area contributed by atoms with Gasteiger partial charge >= 0.3 is 0 Å². The predicted molar refractivity (Wildman–Crippen MR) is 138 cm³/mol. The van der Waals surface area contributed by atoms with Gasteiger partial charge in [0.05, 0.1) is 35.4 Å². The molecule has 0 bridgehead atoms. The van der Waals surface area contributed by atoms with E-state index < -0.39 is 5.41 Å². The maximum atomic E-state index is 14.2. The highest BCUT2D eigenvalue weighted by molar-refractivity contribution is 6.30. The van der Waals surface area contributed by atoms with Crippen LogP contribution in [0.5, 0.6) is 0 Å². The summed E-state index contributed by atoms with van der Waals surface area (Å²) in [5.74, 6) is -0.0755. The average molecular weight is 518 g/mol. The van der Waals surface area contributed by atoms with Gasteiger partial charge in [0.15, 0.2) is 0 Å². The summed E-state index contributed by atoms with van der Waals surface area (Å²) < 4.78 is 5.54. The van der Waals surface area contributed by atoms with Crippen LogP contribution in [0.15, 0.2) is 42.6 Å². The molecular formula is C27H33Cl2N3O3. The van der Waals surface area contributed by atoms with Gasteiger partial charge < -0.3 is 14.4 Å². The lowest BCUT2D eigenvalue weighted by molar-refractivity contribution is -0.157. The Morgan fingerprint density at radius 1 is 1.20 bits per heavy atom. The van der Waals surface area contributed by atoms with E-state index in [4.69, 9.17) is 27.9 Å². The van der Waals surface area contributed by atoms with Crippen LogP contribution in [0.1, 0.15) is 56.3 Å². The first kappa shape index (κ1) is 26.1. The van der Waals surface area contributed by atoms with Gasteiger partial charge in [0.25, 0.3) is 0 Å². The summed E-state index contributed by atoms with van der Waals surface area (Å²) in [7, 11) is 0. The van der Waals surface area contributed by atoms with Crippen LogP contribution in [0.3, 0.4) is 0 Å². The van der Waals surface area contributed by atoms with Crippen molar-refractivity contribution in [1.82, 2.24) is 14.8 Å². The SMILES string of the molecule is CCC(CN1CCOCC1)N1C(=O)C(C)(CC=O)CC(c2cccc(Cl)c2)C1c1ccc(Cl)cn1. The predicted octanol–water partition coefficient (Wildman–Crippen LogP) is 5.15. The van der Waals surface area contributed by atoms with E-state index in [0.717, 1.165) is 43.6 Å². The van der Waals surface area contributed by atoms with Gasteiger partial charge in [-0.15, -0.1) is 0 Å². The summed E-state index contributed by atoms with van der Waals surface area (Å²) in [5.41, 5.74) is 1.02. The number of rotatable bonds is 8. The first-order valence-corrected chi connectivity index (χ1v) is 13.1. The maximum Gasteiger partial charge on any atom is 0.229 e. The molecule has 4 atom stereocenters. The molecular weight excluding hydrogens is 485 g/mol. The summed E-state index contributed by atoms with van der Waals surface area (Å²) in [6.07, 6.45) is 4.00. The topological polar surface area (TPSA) is 62.7 Å². The summed E-state index contributed by atoms with van der Waals surface area (Å²) >= 11 is 12.6. The number of hydrogen-bond acceptors (Lipinski definition) is 5. The molecule has 2 aromatic rings. The van der Waals surface area contributed by atoms with E-state index in [1.165, 1.54) is 0 Å². The van der Waals surface area contributed by atoms with Crippen molar-refractivity contribution in [2.24, 2.45) is 5.41 Å². The monoisotopic (exact) mass is 517 g/mol. The Bertz CT molecular complexity index is 1030. The Hall–Kier alpha value is -1.99. The first-order valence-electron chi connectivity index (χ1n) is 12.3. The van der Waals surface area contributed by atoms with Crippen LogP contribution < -0.4 is 0 Å². The fraction of sp³-hybridized carbons (Fsp3) is 0.519. The maximum absolute atomic E-state index is 14.2. The molecule has 35 heavy (non-hydrogen) atoms. The minimum Gasteiger partial charge on any atom is -0.379 e. The molecule has 0 spiro atoms. The average Bonchev–Trinajstić information content (AvgIpc) is 2.86. The number of halogens is 2. The Labute approximate surface area is 217 Å². The van der Waals surface area contributed by atoms with Crippen molar-refractivity contribution in [2.75, 3.05) is 32.8 Å². The second-order valence-corrected chi connectivity index (χ2v) is 10.7. The Morgan fingerprint density at radius 2 is 1.97 bits per heavy atom. The number of benzene rings is 1. The molecule has 3 heterocycles. The number of aromatic nitrogens is 1. The molecule has 8 heteroatoms. The number of morpholine rings is 1. The molecule has 2 aliphatic rings. The van der Waals surface area contributed by atoms with Gasteiger partial charge in [0.1, 0.15) is 6.29 Å². The van der Waals surface area contributed by atoms with E-state index in [-0.39, 0.29) is 30.3 Å². The van der Waals surface area contributed by atoms with Gasteiger partial charge in [-0.2, -0.15) is 0 Å². The summed E-state index contributed by atoms with van der Waals surface area (Å²) in [5, 5.41) is 1.19. The molecule has 2 fully saturated rings. The quantitative estimate of drug-likeness (QED) is 0.453. The second kappa shape index (κ2) is 11.4. The number of carbonyl (C=O) groups excluding carboxylic acids is 2. The van der Waals surface area contributed by atoms with Crippen molar-refractivity contribution in [3.8, 4) is 0 Å². The molecule has 1 aromatic carbocycles. The molecule has 0 N–H and O–H groups in total. The van der Waals surface area contributed by atoms with Crippen molar-refractivity contribution in [3.05, 3.63) is 63.9 Å². The van der Waals surface area contributed by atoms with Crippen LogP contribution in [-0.2, 0) is 14.3 Å². The van der Waals surface area contributed by atoms with Gasteiger partial charge in [0, 0.05) is 49.2 Å². The Kier molecular flexibility index (Phi) is 8.48. The number of likely N-dealkylation sites (tertiary alicyclic amines) is 1. The zero-order valence-corrected chi connectivity index (χ0v) is 21.8. The highest BCUT2D eigenvalue weighted by Crippen LogP contribution is 2.51. The number of ether oxygens (including phenoxy) is 1. The van der Waals surface area contributed by atoms with Gasteiger partial charge in [0.2, 0.25) is 5.91 Å². The number of carbonyl (C=O) groups is 2. The fourth-order valence-electron chi connectivity index (χ4n) is 5.51. The molecule has 188 valence electrons. The lowest BCUT2D eigenvalue weighted by atomic mass is 9.67. The lowest BCUT2D eigenvalue weighted by Gasteiger charge is -2.52. The van der Waals surface area contributed by atoms with Gasteiger partial charge in [-0.1, -0.05) is 49.2 Å². The van der Waals surface area contributed by atoms with Crippen molar-refractivity contribution in [3.63, 3.8) is 0 Å². The fourth-order valence-corrected chi connectivity index (χ4v) is 5.82. The number of nitrogens with zero attached hydrogens (tertiary/aromatic N) is 3. The third kappa shape index (κ3) is 5.72. The van der Waals surface area contributed by atoms with Crippen LogP contribution in [-0.4, -0.2) is 65.9 Å². The number of pyridine rings is 1. The van der Waals surface area contributed by atoms with E-state index in [9.17, 15) is 9.59 Å². The van der Waals surface area contributed by atoms with Crippen LogP contribution in [0.4, 0.5) is 0 Å². The van der Waals surface area contributed by atoms with E-state index >= 15 is 0 Å². The van der Waals surface area contributed by atoms with Crippen LogP contribution in [0.25, 0.3) is 0 Å². The van der Waals surface area contributed by atoms with E-state index in [2.05, 4.69) is 22.9 Å². The summed E-state index contributed by atoms with van der Waals surface area (Å²) in [6, 6.07) is 11.2. The normalized spacial score (nSPS) is 26.5. The van der Waals surface area contributed by atoms with Gasteiger partial charge in [-0.25, -0.2) is 0 Å². The minimum atomic E-state index is -0.809. The molecule has 1 aromatic heterocycles. The van der Waals surface area contributed by atoms with Crippen molar-refractivity contribution >= 4 is 35.4 Å². The third-order valence-corrected chi connectivity index (χ3v) is 7.86. The molecule has 1 amide bonds. The molecule has 4 unspecified atom stereocenters. The minimum absolute atomic E-state index is 0.00439. The third-order valence-electron chi connectivity index (χ3n) is 7.40. The standard InChI is InChI=1S/C27H33Cl2N3O3/c1-3-22(18-31-10-13-35-14-11-31)32-25(24-8-7-21(29)17-30-24)23(19-5-4-6-20(28)15-19)16-27(2,9-12-33)26(32)34/h4-8,12,15,17,22-23,25H,3,9-11,13-14,16,18H2,1-2H3. The lowest BCUT2D eigenvalue weighted by Crippen LogP contribution is -2.58. The first-order chi connectivity index (χ1) is 16.9. The van der Waals surface area contributed by atoms with Crippen LogP contribution in [0, 0.1) is 5.41 Å². The second-order valence-electron chi connectivity index (χ2n) is 9.83. The number of hydrogen-bond donors (Lipinski definition) is 0. The number of aldehydes is 1. The van der Waals surface area contributed by atoms with Crippen molar-refractivity contribution in [2.45, 2.75) is 51.1 Å². The highest BCUT2D eigenvalue weighted by Gasteiger charge is 2.51. The number of piperidine rings is 1. The largest absolute Gasteiger partial charge is 0.379 e. The smallest absolute Gasteiger partial charge is 0.229 e. The Morgan fingerprint density at radius 3 is 2.60 bits per heavy atom. The summed E-state index contributed by atoms with van der Waals surface area (Å²) in [6.45, 7) is 7.85. The number of amides is 1. The molecule has 2 saturated heterocycles.